The summed E-state index contributed by atoms with van der Waals surface area (Å²) in [7, 11) is 4.99. The lowest BCUT2D eigenvalue weighted by Crippen LogP contribution is -2.55. The minimum Gasteiger partial charge on any atom is -0.468 e. The predicted molar refractivity (Wildman–Crippen MR) is 66.1 cm³/mol. The highest BCUT2D eigenvalue weighted by Crippen LogP contribution is 2.42. The lowest BCUT2D eigenvalue weighted by molar-refractivity contribution is -0.148. The second-order valence-electron chi connectivity index (χ2n) is 4.36. The SMILES string of the molecule is CNC(CSc1nnnn1C)(C(=O)OC)C1CC1. The molecule has 1 heterocycles. The fourth-order valence-corrected chi connectivity index (χ4v) is 3.17. The molecular formula is C10H17N5O2S. The molecule has 1 atom stereocenters. The van der Waals surface area contributed by atoms with Crippen LogP contribution >= 0.6 is 11.8 Å². The number of carbonyl (C=O) groups is 1. The third kappa shape index (κ3) is 2.35. The maximum absolute atomic E-state index is 12.0. The van der Waals surface area contributed by atoms with Gasteiger partial charge in [-0.25, -0.2) is 4.68 Å². The highest BCUT2D eigenvalue weighted by Gasteiger charge is 2.51. The molecule has 2 rings (SSSR count). The Morgan fingerprint density at radius 1 is 1.67 bits per heavy atom. The van der Waals surface area contributed by atoms with Crippen LogP contribution in [0.1, 0.15) is 12.8 Å². The number of carbonyl (C=O) groups excluding carboxylic acids is 1. The molecule has 1 aromatic rings. The van der Waals surface area contributed by atoms with E-state index in [0.717, 1.165) is 12.8 Å². The Bertz CT molecular complexity index is 434. The van der Waals surface area contributed by atoms with Gasteiger partial charge in [0.05, 0.1) is 7.11 Å². The van der Waals surface area contributed by atoms with Crippen molar-refractivity contribution >= 4 is 17.7 Å². The van der Waals surface area contributed by atoms with Crippen LogP contribution in [-0.4, -0.2) is 51.6 Å². The third-order valence-electron chi connectivity index (χ3n) is 3.28. The molecule has 1 aromatic heterocycles. The first kappa shape index (κ1) is 13.3. The van der Waals surface area contributed by atoms with Crippen LogP contribution in [-0.2, 0) is 16.6 Å². The van der Waals surface area contributed by atoms with Crippen molar-refractivity contribution in [3.63, 3.8) is 0 Å². The van der Waals surface area contributed by atoms with Gasteiger partial charge in [0.15, 0.2) is 0 Å². The van der Waals surface area contributed by atoms with Crippen LogP contribution < -0.4 is 5.32 Å². The lowest BCUT2D eigenvalue weighted by atomic mass is 9.96. The number of hydrogen-bond acceptors (Lipinski definition) is 7. The molecule has 0 radical (unpaired) electrons. The highest BCUT2D eigenvalue weighted by atomic mass is 32.2. The van der Waals surface area contributed by atoms with E-state index in [0.29, 0.717) is 16.8 Å². The fraction of sp³-hybridized carbons (Fsp3) is 0.800. The van der Waals surface area contributed by atoms with Crippen molar-refractivity contribution in [1.29, 1.82) is 0 Å². The second-order valence-corrected chi connectivity index (χ2v) is 5.30. The topological polar surface area (TPSA) is 81.9 Å². The quantitative estimate of drug-likeness (QED) is 0.569. The van der Waals surface area contributed by atoms with E-state index < -0.39 is 5.54 Å². The number of methoxy groups -OCH3 is 1. The summed E-state index contributed by atoms with van der Waals surface area (Å²) in [5.74, 6) is 0.688. The average Bonchev–Trinajstić information content (AvgIpc) is 3.15. The number of thioether (sulfide) groups is 1. The largest absolute Gasteiger partial charge is 0.468 e. The summed E-state index contributed by atoms with van der Waals surface area (Å²) in [6, 6.07) is 0. The monoisotopic (exact) mass is 271 g/mol. The maximum Gasteiger partial charge on any atom is 0.327 e. The molecule has 0 amide bonds. The molecule has 0 bridgehead atoms. The van der Waals surface area contributed by atoms with Gasteiger partial charge in [-0.15, -0.1) is 5.10 Å². The molecule has 0 aromatic carbocycles. The van der Waals surface area contributed by atoms with Crippen LogP contribution in [0.5, 0.6) is 0 Å². The first-order valence-corrected chi connectivity index (χ1v) is 6.75. The van der Waals surface area contributed by atoms with Crippen molar-refractivity contribution in [3.8, 4) is 0 Å². The van der Waals surface area contributed by atoms with Crippen LogP contribution in [0.3, 0.4) is 0 Å². The minimum absolute atomic E-state index is 0.213. The highest BCUT2D eigenvalue weighted by molar-refractivity contribution is 7.99. The van der Waals surface area contributed by atoms with Gasteiger partial charge >= 0.3 is 5.97 Å². The van der Waals surface area contributed by atoms with Gasteiger partial charge in [-0.1, -0.05) is 11.8 Å². The summed E-state index contributed by atoms with van der Waals surface area (Å²) in [5.41, 5.74) is -0.634. The standard InChI is InChI=1S/C10H17N5O2S/c1-11-10(7-4-5-7,8(16)17-3)6-18-9-12-13-14-15(9)2/h7,11H,4-6H2,1-3H3. The Hall–Kier alpha value is -1.15. The molecule has 18 heavy (non-hydrogen) atoms. The number of aryl methyl sites for hydroxylation is 1. The van der Waals surface area contributed by atoms with Crippen LogP contribution in [0.4, 0.5) is 0 Å². The van der Waals surface area contributed by atoms with Crippen LogP contribution in [0, 0.1) is 5.92 Å². The Morgan fingerprint density at radius 2 is 2.39 bits per heavy atom. The first-order chi connectivity index (χ1) is 8.64. The Kier molecular flexibility index (Phi) is 3.86. The third-order valence-corrected chi connectivity index (χ3v) is 4.48. The number of likely N-dealkylation sites (N-methyl/N-ethyl adjacent to an activating group) is 1. The van der Waals surface area contributed by atoms with E-state index >= 15 is 0 Å². The van der Waals surface area contributed by atoms with Crippen molar-refractivity contribution in [1.82, 2.24) is 25.5 Å². The van der Waals surface area contributed by atoms with E-state index in [1.54, 1.807) is 18.8 Å². The van der Waals surface area contributed by atoms with E-state index in [-0.39, 0.29) is 5.97 Å². The van der Waals surface area contributed by atoms with E-state index in [1.807, 2.05) is 0 Å². The molecule has 1 N–H and O–H groups in total. The molecule has 1 saturated carbocycles. The molecule has 0 saturated heterocycles. The molecule has 8 heteroatoms. The summed E-state index contributed by atoms with van der Waals surface area (Å²) >= 11 is 1.46. The van der Waals surface area contributed by atoms with E-state index in [2.05, 4.69) is 20.8 Å². The lowest BCUT2D eigenvalue weighted by Gasteiger charge is -2.30. The molecule has 0 aliphatic heterocycles. The van der Waals surface area contributed by atoms with Gasteiger partial charge in [0.1, 0.15) is 5.54 Å². The van der Waals surface area contributed by atoms with Crippen molar-refractivity contribution in [3.05, 3.63) is 0 Å². The fourth-order valence-electron chi connectivity index (χ4n) is 2.00. The van der Waals surface area contributed by atoms with Gasteiger partial charge in [-0.2, -0.15) is 0 Å². The van der Waals surface area contributed by atoms with E-state index in [9.17, 15) is 4.79 Å². The molecule has 1 aliphatic carbocycles. The van der Waals surface area contributed by atoms with Crippen molar-refractivity contribution in [2.45, 2.75) is 23.5 Å². The number of aromatic nitrogens is 4. The van der Waals surface area contributed by atoms with Gasteiger partial charge in [0.25, 0.3) is 0 Å². The van der Waals surface area contributed by atoms with Crippen LogP contribution in [0.25, 0.3) is 0 Å². The van der Waals surface area contributed by atoms with E-state index in [4.69, 9.17) is 4.74 Å². The Balaban J connectivity index is 2.10. The number of rotatable bonds is 6. The summed E-state index contributed by atoms with van der Waals surface area (Å²) < 4.78 is 6.53. The minimum atomic E-state index is -0.634. The summed E-state index contributed by atoms with van der Waals surface area (Å²) in [6.45, 7) is 0. The van der Waals surface area contributed by atoms with Gasteiger partial charge in [0, 0.05) is 12.8 Å². The molecule has 1 aliphatic rings. The van der Waals surface area contributed by atoms with Gasteiger partial charge in [0.2, 0.25) is 5.16 Å². The number of tetrazole rings is 1. The van der Waals surface area contributed by atoms with Crippen LogP contribution in [0.2, 0.25) is 0 Å². The number of nitrogens with zero attached hydrogens (tertiary/aromatic N) is 4. The summed E-state index contributed by atoms with van der Waals surface area (Å²) in [6.07, 6.45) is 2.10. The zero-order chi connectivity index (χ0) is 13.2. The first-order valence-electron chi connectivity index (χ1n) is 5.76. The Morgan fingerprint density at radius 3 is 2.83 bits per heavy atom. The van der Waals surface area contributed by atoms with Crippen molar-refractivity contribution in [2.75, 3.05) is 19.9 Å². The number of ether oxygens (including phenoxy) is 1. The summed E-state index contributed by atoms with van der Waals surface area (Å²) in [4.78, 5) is 12.0. The summed E-state index contributed by atoms with van der Waals surface area (Å²) in [5, 5.41) is 15.1. The molecule has 100 valence electrons. The molecule has 1 unspecified atom stereocenters. The second kappa shape index (κ2) is 5.23. The van der Waals surface area contributed by atoms with Crippen LogP contribution in [0.15, 0.2) is 5.16 Å². The number of esters is 1. The number of nitrogens with one attached hydrogen (secondary N) is 1. The van der Waals surface area contributed by atoms with E-state index in [1.165, 1.54) is 18.9 Å². The van der Waals surface area contributed by atoms with Crippen molar-refractivity contribution in [2.24, 2.45) is 13.0 Å². The zero-order valence-corrected chi connectivity index (χ0v) is 11.5. The average molecular weight is 271 g/mol. The smallest absolute Gasteiger partial charge is 0.327 e. The molecule has 1 fully saturated rings. The van der Waals surface area contributed by atoms with Gasteiger partial charge in [-0.3, -0.25) is 4.79 Å². The van der Waals surface area contributed by atoms with Gasteiger partial charge < -0.3 is 10.1 Å². The number of hydrogen-bond donors (Lipinski definition) is 1. The maximum atomic E-state index is 12.0. The van der Waals surface area contributed by atoms with Gasteiger partial charge in [-0.05, 0) is 36.2 Å². The molecule has 7 nitrogen and oxygen atoms in total. The predicted octanol–water partition coefficient (Wildman–Crippen LogP) is -0.157. The zero-order valence-electron chi connectivity index (χ0n) is 10.7. The Labute approximate surface area is 110 Å². The molecule has 0 spiro atoms. The normalized spacial score (nSPS) is 18.4. The molecular weight excluding hydrogens is 254 g/mol. The van der Waals surface area contributed by atoms with Crippen molar-refractivity contribution < 1.29 is 9.53 Å².